The number of carboxylic acids is 1. The first-order valence-corrected chi connectivity index (χ1v) is 6.25. The Kier molecular flexibility index (Phi) is 4.97. The van der Waals surface area contributed by atoms with Gasteiger partial charge in [0.05, 0.1) is 11.6 Å². The Morgan fingerprint density at radius 1 is 1.53 bits per heavy atom. The van der Waals surface area contributed by atoms with Crippen LogP contribution >= 0.6 is 11.6 Å². The van der Waals surface area contributed by atoms with E-state index in [1.165, 1.54) is 6.07 Å². The third-order valence-corrected chi connectivity index (χ3v) is 2.82. The Labute approximate surface area is 116 Å². The third-order valence-electron chi connectivity index (χ3n) is 2.61. The molecule has 1 heterocycles. The summed E-state index contributed by atoms with van der Waals surface area (Å²) in [4.78, 5) is 22.6. The highest BCUT2D eigenvalue weighted by molar-refractivity contribution is 6.31. The summed E-state index contributed by atoms with van der Waals surface area (Å²) in [6.07, 6.45) is 2.47. The van der Waals surface area contributed by atoms with Crippen LogP contribution in [-0.2, 0) is 11.3 Å². The summed E-state index contributed by atoms with van der Waals surface area (Å²) in [5.41, 5.74) is -1.66. The number of amides is 1. The summed E-state index contributed by atoms with van der Waals surface area (Å²) < 4.78 is 1.69. The number of aliphatic hydroxyl groups is 1. The van der Waals surface area contributed by atoms with Gasteiger partial charge < -0.3 is 20.1 Å². The normalized spacial score (nSPS) is 13.9. The summed E-state index contributed by atoms with van der Waals surface area (Å²) in [6, 6.07) is 1.50. The topological polar surface area (TPSA) is 91.6 Å². The highest BCUT2D eigenvalue weighted by Crippen LogP contribution is 2.15. The maximum atomic E-state index is 11.9. The van der Waals surface area contributed by atoms with Crippen LogP contribution in [0, 0.1) is 0 Å². The lowest BCUT2D eigenvalue weighted by Crippen LogP contribution is -2.46. The molecule has 1 atom stereocenters. The smallest absolute Gasteiger partial charge is 0.337 e. The summed E-state index contributed by atoms with van der Waals surface area (Å²) in [7, 11) is 0. The molecule has 0 bridgehead atoms. The molecule has 3 N–H and O–H groups in total. The van der Waals surface area contributed by atoms with Gasteiger partial charge in [-0.1, -0.05) is 18.5 Å². The van der Waals surface area contributed by atoms with Crippen molar-refractivity contribution in [3.8, 4) is 0 Å². The van der Waals surface area contributed by atoms with Crippen molar-refractivity contribution >= 4 is 23.5 Å². The Bertz CT molecular complexity index is 482. The second-order valence-electron chi connectivity index (χ2n) is 4.50. The fourth-order valence-electron chi connectivity index (χ4n) is 1.51. The van der Waals surface area contributed by atoms with E-state index < -0.39 is 17.5 Å². The molecule has 1 rings (SSSR count). The number of halogens is 1. The van der Waals surface area contributed by atoms with Gasteiger partial charge in [0.15, 0.2) is 5.60 Å². The second-order valence-corrected chi connectivity index (χ2v) is 4.94. The van der Waals surface area contributed by atoms with Crippen molar-refractivity contribution in [3.63, 3.8) is 0 Å². The number of hydrogen-bond donors (Lipinski definition) is 3. The Hall–Kier alpha value is -1.53. The minimum atomic E-state index is -2.00. The lowest BCUT2D eigenvalue weighted by Gasteiger charge is -2.18. The average Bonchev–Trinajstić information content (AvgIpc) is 2.68. The van der Waals surface area contributed by atoms with Crippen molar-refractivity contribution in [2.24, 2.45) is 0 Å². The van der Waals surface area contributed by atoms with Gasteiger partial charge in [-0.3, -0.25) is 4.79 Å². The van der Waals surface area contributed by atoms with Crippen LogP contribution in [0.1, 0.15) is 30.8 Å². The first-order chi connectivity index (χ1) is 8.77. The van der Waals surface area contributed by atoms with E-state index in [0.717, 1.165) is 13.3 Å². The minimum Gasteiger partial charge on any atom is -0.479 e. The van der Waals surface area contributed by atoms with Crippen LogP contribution in [0.25, 0.3) is 0 Å². The Morgan fingerprint density at radius 3 is 2.68 bits per heavy atom. The zero-order valence-corrected chi connectivity index (χ0v) is 11.6. The minimum absolute atomic E-state index is 0.341. The monoisotopic (exact) mass is 288 g/mol. The SMILES string of the molecule is CCCn1cc(Cl)cc1C(=O)NCC(C)(O)C(=O)O. The van der Waals surface area contributed by atoms with Gasteiger partial charge in [-0.2, -0.15) is 0 Å². The van der Waals surface area contributed by atoms with Crippen molar-refractivity contribution in [3.05, 3.63) is 23.0 Å². The summed E-state index contributed by atoms with van der Waals surface area (Å²) >= 11 is 5.84. The molecule has 1 amide bonds. The van der Waals surface area contributed by atoms with E-state index in [4.69, 9.17) is 16.7 Å². The summed E-state index contributed by atoms with van der Waals surface area (Å²) in [5, 5.41) is 21.1. The molecule has 0 radical (unpaired) electrons. The molecule has 7 heteroatoms. The van der Waals surface area contributed by atoms with E-state index in [-0.39, 0.29) is 6.54 Å². The largest absolute Gasteiger partial charge is 0.479 e. The van der Waals surface area contributed by atoms with Gasteiger partial charge in [0.2, 0.25) is 0 Å². The van der Waals surface area contributed by atoms with Crippen LogP contribution in [0.15, 0.2) is 12.3 Å². The number of aryl methyl sites for hydroxylation is 1. The maximum Gasteiger partial charge on any atom is 0.337 e. The van der Waals surface area contributed by atoms with Crippen molar-refractivity contribution < 1.29 is 19.8 Å². The van der Waals surface area contributed by atoms with Crippen LogP contribution in [0.5, 0.6) is 0 Å². The number of rotatable bonds is 6. The van der Waals surface area contributed by atoms with Gasteiger partial charge in [0, 0.05) is 12.7 Å². The lowest BCUT2D eigenvalue weighted by molar-refractivity contribution is -0.155. The molecular weight excluding hydrogens is 272 g/mol. The first-order valence-electron chi connectivity index (χ1n) is 5.87. The summed E-state index contributed by atoms with van der Waals surface area (Å²) in [6.45, 7) is 3.33. The maximum absolute atomic E-state index is 11.9. The fourth-order valence-corrected chi connectivity index (χ4v) is 1.73. The van der Waals surface area contributed by atoms with Gasteiger partial charge >= 0.3 is 5.97 Å². The highest BCUT2D eigenvalue weighted by atomic mass is 35.5. The molecule has 0 aliphatic heterocycles. The molecule has 19 heavy (non-hydrogen) atoms. The number of hydrogen-bond acceptors (Lipinski definition) is 3. The number of aliphatic carboxylic acids is 1. The average molecular weight is 289 g/mol. The van der Waals surface area contributed by atoms with Crippen molar-refractivity contribution in [2.45, 2.75) is 32.4 Å². The quantitative estimate of drug-likeness (QED) is 0.731. The molecule has 0 saturated heterocycles. The Balaban J connectivity index is 2.76. The number of carbonyl (C=O) groups is 2. The number of carbonyl (C=O) groups excluding carboxylic acids is 1. The van der Waals surface area contributed by atoms with Gasteiger partial charge in [-0.25, -0.2) is 4.79 Å². The molecule has 106 valence electrons. The van der Waals surface area contributed by atoms with E-state index in [1.54, 1.807) is 10.8 Å². The van der Waals surface area contributed by atoms with Gasteiger partial charge in [-0.05, 0) is 19.4 Å². The van der Waals surface area contributed by atoms with Gasteiger partial charge in [-0.15, -0.1) is 0 Å². The highest BCUT2D eigenvalue weighted by Gasteiger charge is 2.30. The zero-order chi connectivity index (χ0) is 14.6. The number of carboxylic acid groups (broad SMARTS) is 1. The summed E-state index contributed by atoms with van der Waals surface area (Å²) in [5.74, 6) is -1.86. The van der Waals surface area contributed by atoms with Crippen LogP contribution < -0.4 is 5.32 Å². The molecule has 0 aromatic carbocycles. The molecule has 1 aromatic heterocycles. The van der Waals surface area contributed by atoms with E-state index >= 15 is 0 Å². The van der Waals surface area contributed by atoms with Gasteiger partial charge in [0.25, 0.3) is 5.91 Å². The number of nitrogens with one attached hydrogen (secondary N) is 1. The molecule has 0 saturated carbocycles. The van der Waals surface area contributed by atoms with Crippen LogP contribution in [0.4, 0.5) is 0 Å². The van der Waals surface area contributed by atoms with E-state index in [0.29, 0.717) is 17.3 Å². The molecule has 6 nitrogen and oxygen atoms in total. The molecule has 0 aliphatic carbocycles. The fraction of sp³-hybridized carbons (Fsp3) is 0.500. The molecule has 1 unspecified atom stereocenters. The molecule has 1 aromatic rings. The second kappa shape index (κ2) is 6.08. The predicted molar refractivity (Wildman–Crippen MR) is 70.3 cm³/mol. The zero-order valence-electron chi connectivity index (χ0n) is 10.8. The molecule has 0 fully saturated rings. The third kappa shape index (κ3) is 3.97. The molecule has 0 spiro atoms. The van der Waals surface area contributed by atoms with Crippen molar-refractivity contribution in [1.82, 2.24) is 9.88 Å². The van der Waals surface area contributed by atoms with Crippen molar-refractivity contribution in [1.29, 1.82) is 0 Å². The predicted octanol–water partition coefficient (Wildman–Crippen LogP) is 1.12. The van der Waals surface area contributed by atoms with Crippen LogP contribution in [0.3, 0.4) is 0 Å². The number of nitrogens with zero attached hydrogens (tertiary/aromatic N) is 1. The number of aromatic nitrogens is 1. The van der Waals surface area contributed by atoms with E-state index in [9.17, 15) is 14.7 Å². The molecular formula is C12H17ClN2O4. The van der Waals surface area contributed by atoms with Gasteiger partial charge in [0.1, 0.15) is 5.69 Å². The standard InChI is InChI=1S/C12H17ClN2O4/c1-3-4-15-6-8(13)5-9(15)10(16)14-7-12(2,19)11(17)18/h5-6,19H,3-4,7H2,1-2H3,(H,14,16)(H,17,18). The lowest BCUT2D eigenvalue weighted by atomic mass is 10.1. The first kappa shape index (κ1) is 15.5. The van der Waals surface area contributed by atoms with E-state index in [2.05, 4.69) is 5.32 Å². The van der Waals surface area contributed by atoms with Crippen molar-refractivity contribution in [2.75, 3.05) is 6.54 Å². The van der Waals surface area contributed by atoms with E-state index in [1.807, 2.05) is 6.92 Å². The Morgan fingerprint density at radius 2 is 2.16 bits per heavy atom. The molecule has 0 aliphatic rings. The van der Waals surface area contributed by atoms with Crippen LogP contribution in [-0.4, -0.2) is 38.8 Å². The van der Waals surface area contributed by atoms with Crippen LogP contribution in [0.2, 0.25) is 5.02 Å².